The molecule has 0 bridgehead atoms. The number of amides is 1. The van der Waals surface area contributed by atoms with Crippen LogP contribution in [0.3, 0.4) is 0 Å². The number of aromatic nitrogens is 2. The zero-order chi connectivity index (χ0) is 17.6. The van der Waals surface area contributed by atoms with E-state index < -0.39 is 0 Å². The molecule has 0 spiro atoms. The molecule has 1 amide bonds. The Balaban J connectivity index is 1.55. The third-order valence-corrected chi connectivity index (χ3v) is 4.45. The number of rotatable bonds is 6. The summed E-state index contributed by atoms with van der Waals surface area (Å²) in [5.41, 5.74) is 2.10. The third kappa shape index (κ3) is 4.36. The summed E-state index contributed by atoms with van der Waals surface area (Å²) in [6, 6.07) is 8.51. The lowest BCUT2D eigenvalue weighted by atomic mass is 9.96. The van der Waals surface area contributed by atoms with Gasteiger partial charge in [0.15, 0.2) is 0 Å². The molecule has 0 unspecified atom stereocenters. The van der Waals surface area contributed by atoms with Crippen LogP contribution in [0.15, 0.2) is 28.7 Å². The van der Waals surface area contributed by atoms with Crippen LogP contribution in [0.5, 0.6) is 0 Å². The van der Waals surface area contributed by atoms with Gasteiger partial charge in [-0.05, 0) is 31.9 Å². The Kier molecular flexibility index (Phi) is 5.65. The van der Waals surface area contributed by atoms with Gasteiger partial charge in [-0.15, -0.1) is 5.10 Å². The van der Waals surface area contributed by atoms with E-state index in [9.17, 15) is 4.79 Å². The van der Waals surface area contributed by atoms with E-state index in [2.05, 4.69) is 15.5 Å². The maximum atomic E-state index is 12.1. The summed E-state index contributed by atoms with van der Waals surface area (Å²) >= 11 is 0. The van der Waals surface area contributed by atoms with E-state index in [1.165, 1.54) is 5.56 Å². The first-order chi connectivity index (χ1) is 12.2. The third-order valence-electron chi connectivity index (χ3n) is 4.45. The lowest BCUT2D eigenvalue weighted by Gasteiger charge is -2.29. The van der Waals surface area contributed by atoms with Crippen molar-refractivity contribution in [2.24, 2.45) is 5.92 Å². The maximum Gasteiger partial charge on any atom is 0.318 e. The van der Waals surface area contributed by atoms with E-state index in [1.54, 1.807) is 7.11 Å². The quantitative estimate of drug-likeness (QED) is 0.808. The normalized spacial score (nSPS) is 15.4. The number of hydrogen-bond acceptors (Lipinski definition) is 6. The average molecular weight is 344 g/mol. The van der Waals surface area contributed by atoms with E-state index in [1.807, 2.05) is 36.1 Å². The molecule has 0 atom stereocenters. The van der Waals surface area contributed by atoms with Gasteiger partial charge in [0.05, 0.1) is 6.61 Å². The van der Waals surface area contributed by atoms with Crippen molar-refractivity contribution in [3.05, 3.63) is 29.8 Å². The molecule has 134 valence electrons. The molecule has 0 aliphatic carbocycles. The molecule has 1 aliphatic heterocycles. The molecule has 2 aromatic rings. The van der Waals surface area contributed by atoms with Crippen molar-refractivity contribution in [3.8, 4) is 11.5 Å². The van der Waals surface area contributed by atoms with Gasteiger partial charge in [-0.1, -0.05) is 22.8 Å². The molecule has 1 aliphatic rings. The number of carbonyl (C=O) groups is 1. The number of ether oxygens (including phenoxy) is 1. The minimum Gasteiger partial charge on any atom is -0.403 e. The van der Waals surface area contributed by atoms with Crippen LogP contribution >= 0.6 is 0 Å². The first-order valence-electron chi connectivity index (χ1n) is 8.59. The molecular formula is C18H24N4O3. The fraction of sp³-hybridized carbons (Fsp3) is 0.500. The molecule has 1 fully saturated rings. The predicted molar refractivity (Wildman–Crippen MR) is 94.3 cm³/mol. The van der Waals surface area contributed by atoms with E-state index in [-0.39, 0.29) is 11.8 Å². The van der Waals surface area contributed by atoms with E-state index in [0.29, 0.717) is 25.1 Å². The van der Waals surface area contributed by atoms with Crippen LogP contribution in [-0.2, 0) is 9.53 Å². The fourth-order valence-electron chi connectivity index (χ4n) is 2.91. The number of aryl methyl sites for hydroxylation is 1. The van der Waals surface area contributed by atoms with Gasteiger partial charge in [0, 0.05) is 38.2 Å². The molecule has 25 heavy (non-hydrogen) atoms. The number of methoxy groups -OCH3 is 1. The van der Waals surface area contributed by atoms with Crippen molar-refractivity contribution in [2.45, 2.75) is 19.8 Å². The Labute approximate surface area is 147 Å². The molecule has 2 heterocycles. The Bertz CT molecular complexity index is 691. The van der Waals surface area contributed by atoms with E-state index in [0.717, 1.165) is 31.5 Å². The van der Waals surface area contributed by atoms with Crippen LogP contribution in [0.2, 0.25) is 0 Å². The SMILES string of the molecule is COCCNC(=O)C1CCN(c2nnc(-c3ccc(C)cc3)o2)CC1. The van der Waals surface area contributed by atoms with Gasteiger partial charge in [0.25, 0.3) is 0 Å². The van der Waals surface area contributed by atoms with Gasteiger partial charge >= 0.3 is 6.01 Å². The van der Waals surface area contributed by atoms with Gasteiger partial charge < -0.3 is 19.4 Å². The summed E-state index contributed by atoms with van der Waals surface area (Å²) in [5.74, 6) is 0.657. The van der Waals surface area contributed by atoms with Crippen LogP contribution in [0, 0.1) is 12.8 Å². The van der Waals surface area contributed by atoms with Crippen LogP contribution in [0.4, 0.5) is 6.01 Å². The monoisotopic (exact) mass is 344 g/mol. The highest BCUT2D eigenvalue weighted by Crippen LogP contribution is 2.26. The van der Waals surface area contributed by atoms with Crippen LogP contribution in [-0.4, -0.2) is 49.5 Å². The molecule has 7 nitrogen and oxygen atoms in total. The van der Waals surface area contributed by atoms with Crippen molar-refractivity contribution in [1.29, 1.82) is 0 Å². The molecule has 0 radical (unpaired) electrons. The van der Waals surface area contributed by atoms with Gasteiger partial charge in [0.2, 0.25) is 11.8 Å². The Hall–Kier alpha value is -2.41. The first-order valence-corrected chi connectivity index (χ1v) is 8.59. The van der Waals surface area contributed by atoms with Crippen molar-refractivity contribution in [2.75, 3.05) is 38.3 Å². The molecule has 1 N–H and O–H groups in total. The maximum absolute atomic E-state index is 12.1. The highest BCUT2D eigenvalue weighted by molar-refractivity contribution is 5.78. The van der Waals surface area contributed by atoms with Gasteiger partial charge in [-0.25, -0.2) is 0 Å². The highest BCUT2D eigenvalue weighted by Gasteiger charge is 2.27. The molecule has 0 saturated carbocycles. The number of nitrogens with one attached hydrogen (secondary N) is 1. The second-order valence-corrected chi connectivity index (χ2v) is 6.30. The minimum atomic E-state index is 0.0348. The summed E-state index contributed by atoms with van der Waals surface area (Å²) in [5, 5.41) is 11.2. The lowest BCUT2D eigenvalue weighted by Crippen LogP contribution is -2.41. The Morgan fingerprint density at radius 1 is 1.28 bits per heavy atom. The summed E-state index contributed by atoms with van der Waals surface area (Å²) in [6.45, 7) is 4.60. The molecular weight excluding hydrogens is 320 g/mol. The molecule has 1 aromatic heterocycles. The smallest absolute Gasteiger partial charge is 0.318 e. The van der Waals surface area contributed by atoms with E-state index >= 15 is 0 Å². The number of hydrogen-bond donors (Lipinski definition) is 1. The minimum absolute atomic E-state index is 0.0348. The second-order valence-electron chi connectivity index (χ2n) is 6.30. The number of carbonyl (C=O) groups excluding carboxylic acids is 1. The van der Waals surface area contributed by atoms with Gasteiger partial charge in [0.1, 0.15) is 0 Å². The largest absolute Gasteiger partial charge is 0.403 e. The van der Waals surface area contributed by atoms with Crippen molar-refractivity contribution in [1.82, 2.24) is 15.5 Å². The Morgan fingerprint density at radius 3 is 2.68 bits per heavy atom. The van der Waals surface area contributed by atoms with Crippen molar-refractivity contribution >= 4 is 11.9 Å². The van der Waals surface area contributed by atoms with Crippen molar-refractivity contribution < 1.29 is 13.9 Å². The molecule has 1 aromatic carbocycles. The van der Waals surface area contributed by atoms with Gasteiger partial charge in [-0.2, -0.15) is 0 Å². The zero-order valence-corrected chi connectivity index (χ0v) is 14.7. The number of nitrogens with zero attached hydrogens (tertiary/aromatic N) is 3. The zero-order valence-electron chi connectivity index (χ0n) is 14.7. The highest BCUT2D eigenvalue weighted by atomic mass is 16.5. The number of anilines is 1. The standard InChI is InChI=1S/C18H24N4O3/c1-13-3-5-15(6-4-13)17-20-21-18(25-17)22-10-7-14(8-11-22)16(23)19-9-12-24-2/h3-6,14H,7-12H2,1-2H3,(H,19,23). The summed E-state index contributed by atoms with van der Waals surface area (Å²) in [6.07, 6.45) is 1.56. The fourth-order valence-corrected chi connectivity index (χ4v) is 2.91. The summed E-state index contributed by atoms with van der Waals surface area (Å²) < 4.78 is 10.8. The summed E-state index contributed by atoms with van der Waals surface area (Å²) in [7, 11) is 1.62. The lowest BCUT2D eigenvalue weighted by molar-refractivity contribution is -0.125. The Morgan fingerprint density at radius 2 is 2.00 bits per heavy atom. The second kappa shape index (κ2) is 8.11. The molecule has 7 heteroatoms. The van der Waals surface area contributed by atoms with Gasteiger partial charge in [-0.3, -0.25) is 4.79 Å². The topological polar surface area (TPSA) is 80.5 Å². The number of piperidine rings is 1. The predicted octanol–water partition coefficient (Wildman–Crippen LogP) is 2.02. The molecule has 1 saturated heterocycles. The average Bonchev–Trinajstić information content (AvgIpc) is 3.13. The van der Waals surface area contributed by atoms with Crippen LogP contribution in [0.1, 0.15) is 18.4 Å². The molecule has 3 rings (SSSR count). The van der Waals surface area contributed by atoms with Crippen molar-refractivity contribution in [3.63, 3.8) is 0 Å². The number of benzene rings is 1. The van der Waals surface area contributed by atoms with E-state index in [4.69, 9.17) is 9.15 Å². The van der Waals surface area contributed by atoms with Crippen LogP contribution < -0.4 is 10.2 Å². The summed E-state index contributed by atoms with van der Waals surface area (Å²) in [4.78, 5) is 14.1. The first kappa shape index (κ1) is 17.4. The van der Waals surface area contributed by atoms with Crippen LogP contribution in [0.25, 0.3) is 11.5 Å².